The lowest BCUT2D eigenvalue weighted by atomic mass is 10.0. The van der Waals surface area contributed by atoms with Gasteiger partial charge in [-0.05, 0) is 73.7 Å². The first kappa shape index (κ1) is 25.9. The first-order chi connectivity index (χ1) is 16.8. The van der Waals surface area contributed by atoms with Crippen molar-refractivity contribution in [2.24, 2.45) is 0 Å². The Morgan fingerprint density at radius 3 is 2.31 bits per heavy atom. The van der Waals surface area contributed by atoms with Gasteiger partial charge in [0, 0.05) is 19.5 Å². The fourth-order valence-electron chi connectivity index (χ4n) is 4.01. The molecule has 0 saturated carbocycles. The summed E-state index contributed by atoms with van der Waals surface area (Å²) in [5, 5.41) is 2.86. The molecule has 0 bridgehead atoms. The third-order valence-corrected chi connectivity index (χ3v) is 6.00. The third kappa shape index (κ3) is 7.15. The molecule has 0 radical (unpaired) electrons. The van der Waals surface area contributed by atoms with Crippen molar-refractivity contribution in [2.75, 3.05) is 13.2 Å². The maximum atomic E-state index is 13.6. The van der Waals surface area contributed by atoms with Crippen LogP contribution < -0.4 is 10.1 Å². The molecular weight excluding hydrogens is 443 g/mol. The van der Waals surface area contributed by atoms with E-state index in [-0.39, 0.29) is 30.8 Å². The van der Waals surface area contributed by atoms with Crippen LogP contribution in [-0.2, 0) is 22.6 Å². The quantitative estimate of drug-likeness (QED) is 0.453. The van der Waals surface area contributed by atoms with E-state index in [0.29, 0.717) is 18.7 Å². The molecule has 6 heteroatoms. The van der Waals surface area contributed by atoms with Crippen molar-refractivity contribution in [3.8, 4) is 5.75 Å². The molecule has 0 fully saturated rings. The molecule has 1 N–H and O–H groups in total. The molecule has 0 aliphatic heterocycles. The molecule has 0 aliphatic rings. The van der Waals surface area contributed by atoms with E-state index in [4.69, 9.17) is 4.74 Å². The highest BCUT2D eigenvalue weighted by atomic mass is 19.1. The highest BCUT2D eigenvalue weighted by Crippen LogP contribution is 2.24. The maximum absolute atomic E-state index is 13.6. The minimum atomic E-state index is -0.751. The number of nitrogens with one attached hydrogen (secondary N) is 1. The van der Waals surface area contributed by atoms with E-state index in [1.54, 1.807) is 12.1 Å². The van der Waals surface area contributed by atoms with Crippen molar-refractivity contribution in [3.63, 3.8) is 0 Å². The van der Waals surface area contributed by atoms with E-state index in [1.807, 2.05) is 64.1 Å². The van der Waals surface area contributed by atoms with E-state index >= 15 is 0 Å². The Kier molecular flexibility index (Phi) is 9.01. The van der Waals surface area contributed by atoms with E-state index in [2.05, 4.69) is 11.4 Å². The number of hydrogen-bond acceptors (Lipinski definition) is 3. The van der Waals surface area contributed by atoms with Crippen molar-refractivity contribution in [1.29, 1.82) is 0 Å². The van der Waals surface area contributed by atoms with Gasteiger partial charge < -0.3 is 15.0 Å². The van der Waals surface area contributed by atoms with Crippen molar-refractivity contribution in [1.82, 2.24) is 10.2 Å². The topological polar surface area (TPSA) is 58.6 Å². The molecule has 1 atom stereocenters. The van der Waals surface area contributed by atoms with Gasteiger partial charge in [-0.3, -0.25) is 9.59 Å². The lowest BCUT2D eigenvalue weighted by Gasteiger charge is -2.31. The SMILES string of the molecule is CCNC(=O)[C@H](Cc1ccccc1)N(Cc1ccc(F)cc1)C(=O)COc1cc(C)cc(C)c1C. The van der Waals surface area contributed by atoms with Crippen LogP contribution in [0.4, 0.5) is 4.39 Å². The van der Waals surface area contributed by atoms with Gasteiger partial charge in [-0.1, -0.05) is 48.5 Å². The number of amides is 2. The molecule has 0 heterocycles. The summed E-state index contributed by atoms with van der Waals surface area (Å²) in [6, 6.07) is 18.8. The van der Waals surface area contributed by atoms with Gasteiger partial charge in [0.1, 0.15) is 17.6 Å². The van der Waals surface area contributed by atoms with Crippen molar-refractivity contribution < 1.29 is 18.7 Å². The smallest absolute Gasteiger partial charge is 0.261 e. The largest absolute Gasteiger partial charge is 0.483 e. The molecule has 2 amide bonds. The highest BCUT2D eigenvalue weighted by molar-refractivity contribution is 5.88. The van der Waals surface area contributed by atoms with Gasteiger partial charge in [-0.15, -0.1) is 0 Å². The van der Waals surface area contributed by atoms with E-state index < -0.39 is 6.04 Å². The van der Waals surface area contributed by atoms with Crippen LogP contribution in [0.25, 0.3) is 0 Å². The Balaban J connectivity index is 1.91. The molecular formula is C29H33FN2O3. The summed E-state index contributed by atoms with van der Waals surface area (Å²) in [4.78, 5) is 28.2. The van der Waals surface area contributed by atoms with Crippen molar-refractivity contribution in [2.45, 2.75) is 46.7 Å². The number of rotatable bonds is 10. The zero-order valence-electron chi connectivity index (χ0n) is 20.8. The molecule has 35 heavy (non-hydrogen) atoms. The van der Waals surface area contributed by atoms with Gasteiger partial charge in [-0.25, -0.2) is 4.39 Å². The Morgan fingerprint density at radius 1 is 0.971 bits per heavy atom. The summed E-state index contributed by atoms with van der Waals surface area (Å²) in [5.74, 6) is -0.269. The van der Waals surface area contributed by atoms with Gasteiger partial charge in [-0.2, -0.15) is 0 Å². The Morgan fingerprint density at radius 2 is 1.66 bits per heavy atom. The molecule has 0 saturated heterocycles. The summed E-state index contributed by atoms with van der Waals surface area (Å²) < 4.78 is 19.5. The number of aryl methyl sites for hydroxylation is 2. The first-order valence-corrected chi connectivity index (χ1v) is 11.8. The fourth-order valence-corrected chi connectivity index (χ4v) is 4.01. The maximum Gasteiger partial charge on any atom is 0.261 e. The van der Waals surface area contributed by atoms with Crippen LogP contribution in [0, 0.1) is 26.6 Å². The number of benzene rings is 3. The van der Waals surface area contributed by atoms with Crippen LogP contribution >= 0.6 is 0 Å². The number of nitrogens with zero attached hydrogens (tertiary/aromatic N) is 1. The predicted octanol–water partition coefficient (Wildman–Crippen LogP) is 4.91. The van der Waals surface area contributed by atoms with Gasteiger partial charge in [0.2, 0.25) is 5.91 Å². The standard InChI is InChI=1S/C29H33FN2O3/c1-5-31-29(34)26(17-23-9-7-6-8-10-23)32(18-24-11-13-25(30)14-12-24)28(33)19-35-27-16-20(2)15-21(3)22(27)4/h6-16,26H,5,17-19H2,1-4H3,(H,31,34)/t26-/m0/s1. The Labute approximate surface area is 206 Å². The number of carbonyl (C=O) groups is 2. The fraction of sp³-hybridized carbons (Fsp3) is 0.310. The lowest BCUT2D eigenvalue weighted by molar-refractivity contribution is -0.142. The third-order valence-electron chi connectivity index (χ3n) is 6.00. The molecule has 3 aromatic rings. The second kappa shape index (κ2) is 12.2. The predicted molar refractivity (Wildman–Crippen MR) is 136 cm³/mol. The molecule has 0 aromatic heterocycles. The van der Waals surface area contributed by atoms with Crippen LogP contribution in [0.15, 0.2) is 66.7 Å². The molecule has 0 spiro atoms. The average molecular weight is 477 g/mol. The van der Waals surface area contributed by atoms with Gasteiger partial charge in [0.05, 0.1) is 0 Å². The number of hydrogen-bond donors (Lipinski definition) is 1. The minimum Gasteiger partial charge on any atom is -0.483 e. The first-order valence-electron chi connectivity index (χ1n) is 11.8. The molecule has 184 valence electrons. The van der Waals surface area contributed by atoms with Crippen LogP contribution in [0.3, 0.4) is 0 Å². The number of ether oxygens (including phenoxy) is 1. The Hall–Kier alpha value is -3.67. The van der Waals surface area contributed by atoms with Crippen LogP contribution in [0.1, 0.15) is 34.7 Å². The second-order valence-corrected chi connectivity index (χ2v) is 8.74. The number of halogens is 1. The highest BCUT2D eigenvalue weighted by Gasteiger charge is 2.30. The molecule has 3 aromatic carbocycles. The van der Waals surface area contributed by atoms with E-state index in [1.165, 1.54) is 17.0 Å². The van der Waals surface area contributed by atoms with Gasteiger partial charge in [0.25, 0.3) is 5.91 Å². The summed E-state index contributed by atoms with van der Waals surface area (Å²) in [7, 11) is 0. The lowest BCUT2D eigenvalue weighted by Crippen LogP contribution is -2.51. The summed E-state index contributed by atoms with van der Waals surface area (Å²) in [6.45, 7) is 8.17. The zero-order valence-corrected chi connectivity index (χ0v) is 20.8. The molecule has 5 nitrogen and oxygen atoms in total. The molecule has 0 aliphatic carbocycles. The Bertz CT molecular complexity index is 1150. The second-order valence-electron chi connectivity index (χ2n) is 8.74. The van der Waals surface area contributed by atoms with Crippen LogP contribution in [0.2, 0.25) is 0 Å². The number of carbonyl (C=O) groups excluding carboxylic acids is 2. The molecule has 3 rings (SSSR count). The van der Waals surface area contributed by atoms with Gasteiger partial charge >= 0.3 is 0 Å². The van der Waals surface area contributed by atoms with Crippen LogP contribution in [-0.4, -0.2) is 35.9 Å². The molecule has 0 unspecified atom stereocenters. The van der Waals surface area contributed by atoms with Crippen molar-refractivity contribution in [3.05, 3.63) is 100 Å². The zero-order chi connectivity index (χ0) is 25.4. The average Bonchev–Trinajstić information content (AvgIpc) is 2.84. The van der Waals surface area contributed by atoms with E-state index in [0.717, 1.165) is 27.8 Å². The van der Waals surface area contributed by atoms with Crippen molar-refractivity contribution >= 4 is 11.8 Å². The van der Waals surface area contributed by atoms with Gasteiger partial charge in [0.15, 0.2) is 6.61 Å². The summed E-state index contributed by atoms with van der Waals surface area (Å²) in [5.41, 5.74) is 4.76. The van der Waals surface area contributed by atoms with E-state index in [9.17, 15) is 14.0 Å². The monoisotopic (exact) mass is 476 g/mol. The number of likely N-dealkylation sites (N-methyl/N-ethyl adjacent to an activating group) is 1. The summed E-state index contributed by atoms with van der Waals surface area (Å²) in [6.07, 6.45) is 0.349. The summed E-state index contributed by atoms with van der Waals surface area (Å²) >= 11 is 0. The normalized spacial score (nSPS) is 11.6. The van der Waals surface area contributed by atoms with Crippen LogP contribution in [0.5, 0.6) is 5.75 Å². The minimum absolute atomic E-state index is 0.156.